The van der Waals surface area contributed by atoms with Gasteiger partial charge in [-0.05, 0) is 35.9 Å². The number of phenols is 1. The number of carbonyl (C=O) groups is 2. The van der Waals surface area contributed by atoms with E-state index >= 15 is 0 Å². The molecule has 6 nitrogen and oxygen atoms in total. The Labute approximate surface area is 168 Å². The number of rotatable bonds is 6. The molecule has 3 aromatic carbocycles. The Morgan fingerprint density at radius 1 is 0.828 bits per heavy atom. The Morgan fingerprint density at radius 3 is 2.14 bits per heavy atom. The van der Waals surface area contributed by atoms with Gasteiger partial charge in [0.1, 0.15) is 11.4 Å². The maximum Gasteiger partial charge on any atom is 0.287 e. The first kappa shape index (κ1) is 19.6. The molecule has 2 amide bonds. The van der Waals surface area contributed by atoms with Crippen molar-refractivity contribution in [1.82, 2.24) is 10.7 Å². The second-order valence-corrected chi connectivity index (χ2v) is 6.05. The molecule has 3 aromatic rings. The second kappa shape index (κ2) is 9.66. The summed E-state index contributed by atoms with van der Waals surface area (Å²) in [5.74, 6) is -0.958. The van der Waals surface area contributed by atoms with Crippen LogP contribution in [-0.4, -0.2) is 23.1 Å². The van der Waals surface area contributed by atoms with E-state index in [2.05, 4.69) is 15.8 Å². The molecule has 144 valence electrons. The van der Waals surface area contributed by atoms with Gasteiger partial charge in [0.05, 0.1) is 6.21 Å². The number of aromatic hydroxyl groups is 1. The predicted molar refractivity (Wildman–Crippen MR) is 112 cm³/mol. The standard InChI is InChI=1S/C23H19N3O3/c27-21-14-8-7-13-19(21)16-24-26-23(29)20(15-17-9-3-1-4-10-17)25-22(28)18-11-5-2-6-12-18/h1-16,27H,(H,25,28)(H,26,29)/b20-15-,24-16+. The molecule has 0 saturated carbocycles. The number of carbonyl (C=O) groups excluding carboxylic acids is 2. The van der Waals surface area contributed by atoms with Crippen molar-refractivity contribution >= 4 is 24.1 Å². The molecule has 6 heteroatoms. The number of nitrogens with zero attached hydrogens (tertiary/aromatic N) is 1. The van der Waals surface area contributed by atoms with Gasteiger partial charge in [-0.1, -0.05) is 60.7 Å². The zero-order chi connectivity index (χ0) is 20.5. The number of para-hydroxylation sites is 1. The average Bonchev–Trinajstić information content (AvgIpc) is 2.76. The van der Waals surface area contributed by atoms with Crippen LogP contribution in [0.15, 0.2) is 95.7 Å². The van der Waals surface area contributed by atoms with E-state index in [9.17, 15) is 14.7 Å². The Bertz CT molecular complexity index is 1050. The molecular formula is C23H19N3O3. The zero-order valence-corrected chi connectivity index (χ0v) is 15.4. The van der Waals surface area contributed by atoms with Gasteiger partial charge in [-0.25, -0.2) is 5.43 Å². The third-order valence-corrected chi connectivity index (χ3v) is 3.95. The molecule has 0 spiro atoms. The highest BCUT2D eigenvalue weighted by molar-refractivity contribution is 6.05. The summed E-state index contributed by atoms with van der Waals surface area (Å²) in [5.41, 5.74) is 4.04. The van der Waals surface area contributed by atoms with Crippen LogP contribution in [0.25, 0.3) is 6.08 Å². The van der Waals surface area contributed by atoms with Crippen LogP contribution in [-0.2, 0) is 4.79 Å². The highest BCUT2D eigenvalue weighted by Crippen LogP contribution is 2.12. The van der Waals surface area contributed by atoms with Crippen molar-refractivity contribution < 1.29 is 14.7 Å². The molecule has 29 heavy (non-hydrogen) atoms. The molecule has 0 fully saturated rings. The van der Waals surface area contributed by atoms with E-state index in [-0.39, 0.29) is 11.4 Å². The molecule has 0 bridgehead atoms. The van der Waals surface area contributed by atoms with Gasteiger partial charge in [0.2, 0.25) is 0 Å². The van der Waals surface area contributed by atoms with Crippen molar-refractivity contribution in [3.05, 3.63) is 107 Å². The van der Waals surface area contributed by atoms with Crippen LogP contribution >= 0.6 is 0 Å². The summed E-state index contributed by atoms with van der Waals surface area (Å²) in [7, 11) is 0. The van der Waals surface area contributed by atoms with Crippen LogP contribution in [0.5, 0.6) is 5.75 Å². The van der Waals surface area contributed by atoms with Crippen molar-refractivity contribution in [3.8, 4) is 5.75 Å². The lowest BCUT2D eigenvalue weighted by molar-refractivity contribution is -0.117. The van der Waals surface area contributed by atoms with Gasteiger partial charge in [0.25, 0.3) is 11.8 Å². The van der Waals surface area contributed by atoms with E-state index < -0.39 is 11.8 Å². The van der Waals surface area contributed by atoms with E-state index in [1.54, 1.807) is 54.6 Å². The fourth-order valence-corrected chi connectivity index (χ4v) is 2.48. The van der Waals surface area contributed by atoms with Crippen molar-refractivity contribution in [2.24, 2.45) is 5.10 Å². The van der Waals surface area contributed by atoms with E-state index in [1.807, 2.05) is 30.3 Å². The summed E-state index contributed by atoms with van der Waals surface area (Å²) in [6.45, 7) is 0. The SMILES string of the molecule is O=C(N/N=C/c1ccccc1O)/C(=C/c1ccccc1)NC(=O)c1ccccc1. The van der Waals surface area contributed by atoms with E-state index in [0.29, 0.717) is 11.1 Å². The molecule has 0 saturated heterocycles. The number of benzene rings is 3. The average molecular weight is 385 g/mol. The van der Waals surface area contributed by atoms with Crippen LogP contribution in [0.1, 0.15) is 21.5 Å². The van der Waals surface area contributed by atoms with Gasteiger partial charge < -0.3 is 10.4 Å². The lowest BCUT2D eigenvalue weighted by Crippen LogP contribution is -2.32. The monoisotopic (exact) mass is 385 g/mol. The topological polar surface area (TPSA) is 90.8 Å². The van der Waals surface area contributed by atoms with Gasteiger partial charge in [-0.3, -0.25) is 9.59 Å². The van der Waals surface area contributed by atoms with Gasteiger partial charge in [-0.2, -0.15) is 5.10 Å². The fraction of sp³-hybridized carbons (Fsp3) is 0. The molecule has 0 radical (unpaired) electrons. The van der Waals surface area contributed by atoms with Crippen LogP contribution in [0.4, 0.5) is 0 Å². The molecule has 0 aromatic heterocycles. The smallest absolute Gasteiger partial charge is 0.287 e. The van der Waals surface area contributed by atoms with Gasteiger partial charge >= 0.3 is 0 Å². The van der Waals surface area contributed by atoms with E-state index in [0.717, 1.165) is 5.56 Å². The largest absolute Gasteiger partial charge is 0.507 e. The maximum absolute atomic E-state index is 12.6. The van der Waals surface area contributed by atoms with E-state index in [4.69, 9.17) is 0 Å². The Hall–Kier alpha value is -4.19. The minimum atomic E-state index is -0.593. The number of nitrogens with one attached hydrogen (secondary N) is 2. The summed E-state index contributed by atoms with van der Waals surface area (Å²) < 4.78 is 0. The molecule has 0 aliphatic heterocycles. The van der Waals surface area contributed by atoms with Crippen LogP contribution in [0.2, 0.25) is 0 Å². The molecule has 3 N–H and O–H groups in total. The highest BCUT2D eigenvalue weighted by Gasteiger charge is 2.14. The third-order valence-electron chi connectivity index (χ3n) is 3.95. The van der Waals surface area contributed by atoms with Crippen LogP contribution in [0.3, 0.4) is 0 Å². The summed E-state index contributed by atoms with van der Waals surface area (Å²) in [5, 5.41) is 16.2. The van der Waals surface area contributed by atoms with Crippen molar-refractivity contribution in [3.63, 3.8) is 0 Å². The quantitative estimate of drug-likeness (QED) is 0.345. The normalized spacial score (nSPS) is 11.2. The molecule has 0 aliphatic rings. The first-order chi connectivity index (χ1) is 14.1. The second-order valence-electron chi connectivity index (χ2n) is 6.05. The minimum Gasteiger partial charge on any atom is -0.507 e. The molecule has 0 unspecified atom stereocenters. The summed E-state index contributed by atoms with van der Waals surface area (Å²) in [4.78, 5) is 25.1. The van der Waals surface area contributed by atoms with Gasteiger partial charge in [-0.15, -0.1) is 0 Å². The first-order valence-electron chi connectivity index (χ1n) is 8.88. The number of hydrogen-bond donors (Lipinski definition) is 3. The first-order valence-corrected chi connectivity index (χ1v) is 8.88. The lowest BCUT2D eigenvalue weighted by Gasteiger charge is -2.09. The van der Waals surface area contributed by atoms with E-state index in [1.165, 1.54) is 12.3 Å². The Balaban J connectivity index is 1.79. The number of hydrazone groups is 1. The maximum atomic E-state index is 12.6. The van der Waals surface area contributed by atoms with Crippen molar-refractivity contribution in [2.75, 3.05) is 0 Å². The number of amides is 2. The molecule has 0 aliphatic carbocycles. The minimum absolute atomic E-state index is 0.0412. The Kier molecular flexibility index (Phi) is 6.52. The van der Waals surface area contributed by atoms with Crippen LogP contribution in [0, 0.1) is 0 Å². The van der Waals surface area contributed by atoms with Crippen molar-refractivity contribution in [2.45, 2.75) is 0 Å². The third kappa shape index (κ3) is 5.64. The number of phenolic OH excluding ortho intramolecular Hbond substituents is 1. The zero-order valence-electron chi connectivity index (χ0n) is 15.4. The van der Waals surface area contributed by atoms with Crippen molar-refractivity contribution in [1.29, 1.82) is 0 Å². The lowest BCUT2D eigenvalue weighted by atomic mass is 10.1. The Morgan fingerprint density at radius 2 is 1.45 bits per heavy atom. The molecule has 0 atom stereocenters. The molecular weight excluding hydrogens is 366 g/mol. The fourth-order valence-electron chi connectivity index (χ4n) is 2.48. The molecule has 0 heterocycles. The summed E-state index contributed by atoms with van der Waals surface area (Å²) in [6, 6.07) is 24.3. The van der Waals surface area contributed by atoms with Gasteiger partial charge in [0, 0.05) is 11.1 Å². The summed E-state index contributed by atoms with van der Waals surface area (Å²) in [6.07, 6.45) is 2.89. The molecule has 3 rings (SSSR count). The highest BCUT2D eigenvalue weighted by atomic mass is 16.3. The van der Waals surface area contributed by atoms with Crippen LogP contribution < -0.4 is 10.7 Å². The predicted octanol–water partition coefficient (Wildman–Crippen LogP) is 3.31. The number of hydrogen-bond acceptors (Lipinski definition) is 4. The van der Waals surface area contributed by atoms with Gasteiger partial charge in [0.15, 0.2) is 0 Å². The summed E-state index contributed by atoms with van der Waals surface area (Å²) >= 11 is 0.